The van der Waals surface area contributed by atoms with E-state index >= 15 is 0 Å². The number of benzene rings is 1. The quantitative estimate of drug-likeness (QED) is 0.940. The minimum Gasteiger partial charge on any atom is -0.336 e. The largest absolute Gasteiger partial charge is 0.336 e. The van der Waals surface area contributed by atoms with Crippen molar-refractivity contribution >= 4 is 6.03 Å². The molecule has 1 aromatic carbocycles. The Morgan fingerprint density at radius 3 is 2.92 bits per heavy atom. The molecule has 4 rings (SSSR count). The van der Waals surface area contributed by atoms with Crippen molar-refractivity contribution in [3.8, 4) is 0 Å². The van der Waals surface area contributed by atoms with Gasteiger partial charge in [0, 0.05) is 37.9 Å². The lowest BCUT2D eigenvalue weighted by Gasteiger charge is -2.61. The normalized spacial score (nSPS) is 25.7. The molecule has 1 saturated carbocycles. The highest BCUT2D eigenvalue weighted by Gasteiger charge is 2.56. The molecule has 2 heterocycles. The zero-order valence-electron chi connectivity index (χ0n) is 13.9. The Bertz CT molecular complexity index is 685. The smallest absolute Gasteiger partial charge is 0.318 e. The molecular formula is C19H24N4O. The summed E-state index contributed by atoms with van der Waals surface area (Å²) in [6, 6.07) is 10.7. The van der Waals surface area contributed by atoms with Crippen LogP contribution in [0.5, 0.6) is 0 Å². The highest BCUT2D eigenvalue weighted by molar-refractivity contribution is 5.77. The minimum atomic E-state index is -0.0847. The van der Waals surface area contributed by atoms with Gasteiger partial charge in [0.05, 0.1) is 11.9 Å². The molecule has 24 heavy (non-hydrogen) atoms. The van der Waals surface area contributed by atoms with Crippen LogP contribution in [0.4, 0.5) is 4.79 Å². The van der Waals surface area contributed by atoms with Gasteiger partial charge in [-0.15, -0.1) is 0 Å². The number of carbonyl (C=O) groups excluding carboxylic acids is 1. The molecule has 0 unspecified atom stereocenters. The first-order chi connectivity index (χ1) is 11.8. The Hall–Kier alpha value is -2.30. The van der Waals surface area contributed by atoms with E-state index in [-0.39, 0.29) is 11.6 Å². The third-order valence-corrected chi connectivity index (χ3v) is 5.64. The van der Waals surface area contributed by atoms with E-state index < -0.39 is 0 Å². The van der Waals surface area contributed by atoms with Gasteiger partial charge in [0.15, 0.2) is 0 Å². The molecule has 126 valence electrons. The predicted molar refractivity (Wildman–Crippen MR) is 92.4 cm³/mol. The van der Waals surface area contributed by atoms with E-state index in [2.05, 4.69) is 39.5 Å². The Morgan fingerprint density at radius 2 is 2.17 bits per heavy atom. The summed E-state index contributed by atoms with van der Waals surface area (Å²) >= 11 is 0. The van der Waals surface area contributed by atoms with Crippen LogP contribution in [0.15, 0.2) is 49.1 Å². The van der Waals surface area contributed by atoms with Crippen LogP contribution in [-0.2, 0) is 12.1 Å². The van der Waals surface area contributed by atoms with Crippen LogP contribution in [0.3, 0.4) is 0 Å². The summed E-state index contributed by atoms with van der Waals surface area (Å²) in [4.78, 5) is 18.9. The van der Waals surface area contributed by atoms with Crippen molar-refractivity contribution in [1.82, 2.24) is 19.8 Å². The number of rotatable bonds is 4. The number of carbonyl (C=O) groups is 1. The lowest BCUT2D eigenvalue weighted by molar-refractivity contribution is -0.0793. The summed E-state index contributed by atoms with van der Waals surface area (Å²) in [5.74, 6) is 0.605. The van der Waals surface area contributed by atoms with Gasteiger partial charge in [-0.2, -0.15) is 0 Å². The average molecular weight is 324 g/mol. The lowest BCUT2D eigenvalue weighted by Crippen LogP contribution is -2.69. The first-order valence-corrected chi connectivity index (χ1v) is 8.87. The standard InChI is InChI=1S/C19H24N4O/c24-18(21-11-13-22-12-10-20-15-22)23-14-17-8-4-5-9-19(17,23)16-6-2-1-3-7-16/h1-3,6-7,10,12,15,17H,4-5,8-9,11,13-14H2,(H,21,24)/t17-,19-/m0/s1. The second-order valence-electron chi connectivity index (χ2n) is 6.88. The molecular weight excluding hydrogens is 300 g/mol. The fraction of sp³-hybridized carbons (Fsp3) is 0.474. The predicted octanol–water partition coefficient (Wildman–Crippen LogP) is 2.99. The zero-order valence-corrected chi connectivity index (χ0v) is 13.9. The van der Waals surface area contributed by atoms with Crippen LogP contribution in [-0.4, -0.2) is 33.6 Å². The fourth-order valence-electron chi connectivity index (χ4n) is 4.43. The molecule has 2 fully saturated rings. The van der Waals surface area contributed by atoms with E-state index in [9.17, 15) is 4.79 Å². The van der Waals surface area contributed by atoms with E-state index in [0.717, 1.165) is 19.5 Å². The topological polar surface area (TPSA) is 50.2 Å². The van der Waals surface area contributed by atoms with Crippen LogP contribution < -0.4 is 5.32 Å². The second kappa shape index (κ2) is 6.30. The Kier molecular flexibility index (Phi) is 4.00. The highest BCUT2D eigenvalue weighted by atomic mass is 16.2. The molecule has 2 amide bonds. The number of hydrogen-bond donors (Lipinski definition) is 1. The first-order valence-electron chi connectivity index (χ1n) is 8.87. The summed E-state index contributed by atoms with van der Waals surface area (Å²) in [7, 11) is 0. The molecule has 1 saturated heterocycles. The number of nitrogens with zero attached hydrogens (tertiary/aromatic N) is 3. The van der Waals surface area contributed by atoms with E-state index in [4.69, 9.17) is 0 Å². The minimum absolute atomic E-state index is 0.0668. The maximum absolute atomic E-state index is 12.8. The third-order valence-electron chi connectivity index (χ3n) is 5.64. The van der Waals surface area contributed by atoms with Gasteiger partial charge in [-0.1, -0.05) is 43.2 Å². The third kappa shape index (κ3) is 2.48. The Labute approximate surface area is 142 Å². The summed E-state index contributed by atoms with van der Waals surface area (Å²) in [6.07, 6.45) is 10.2. The number of urea groups is 1. The molecule has 1 N–H and O–H groups in total. The van der Waals surface area contributed by atoms with E-state index in [0.29, 0.717) is 12.5 Å². The molecule has 5 heteroatoms. The Balaban J connectivity index is 1.47. The highest BCUT2D eigenvalue weighted by Crippen LogP contribution is 2.53. The summed E-state index contributed by atoms with van der Waals surface area (Å²) in [5, 5.41) is 3.09. The van der Waals surface area contributed by atoms with Crippen molar-refractivity contribution in [2.24, 2.45) is 5.92 Å². The van der Waals surface area contributed by atoms with Gasteiger partial charge in [0.2, 0.25) is 0 Å². The van der Waals surface area contributed by atoms with E-state index in [1.165, 1.54) is 24.8 Å². The molecule has 1 aliphatic carbocycles. The molecule has 0 radical (unpaired) electrons. The van der Waals surface area contributed by atoms with Gasteiger partial charge in [-0.25, -0.2) is 9.78 Å². The van der Waals surface area contributed by atoms with Crippen LogP contribution in [0.1, 0.15) is 31.2 Å². The van der Waals surface area contributed by atoms with Gasteiger partial charge in [0.1, 0.15) is 0 Å². The number of aromatic nitrogens is 2. The van der Waals surface area contributed by atoms with Gasteiger partial charge in [-0.05, 0) is 18.4 Å². The zero-order chi connectivity index (χ0) is 16.4. The second-order valence-corrected chi connectivity index (χ2v) is 6.88. The summed E-state index contributed by atoms with van der Waals surface area (Å²) in [5.41, 5.74) is 1.21. The maximum atomic E-state index is 12.8. The molecule has 2 atom stereocenters. The number of fused-ring (bicyclic) bond motifs is 1. The first kappa shape index (κ1) is 15.2. The summed E-state index contributed by atoms with van der Waals surface area (Å²) < 4.78 is 1.98. The van der Waals surface area contributed by atoms with Crippen LogP contribution in [0, 0.1) is 5.92 Å². The number of nitrogens with one attached hydrogen (secondary N) is 1. The van der Waals surface area contributed by atoms with Crippen molar-refractivity contribution in [2.75, 3.05) is 13.1 Å². The van der Waals surface area contributed by atoms with Crippen molar-refractivity contribution in [1.29, 1.82) is 0 Å². The van der Waals surface area contributed by atoms with Crippen molar-refractivity contribution in [2.45, 2.75) is 37.8 Å². The van der Waals surface area contributed by atoms with Crippen LogP contribution >= 0.6 is 0 Å². The molecule has 0 bridgehead atoms. The van der Waals surface area contributed by atoms with Gasteiger partial charge in [0.25, 0.3) is 0 Å². The number of likely N-dealkylation sites (tertiary alicyclic amines) is 1. The lowest BCUT2D eigenvalue weighted by atomic mass is 9.62. The van der Waals surface area contributed by atoms with Crippen molar-refractivity contribution < 1.29 is 4.79 Å². The maximum Gasteiger partial charge on any atom is 0.318 e. The number of hydrogen-bond acceptors (Lipinski definition) is 2. The molecule has 2 aromatic rings. The molecule has 1 aromatic heterocycles. The number of amides is 2. The van der Waals surface area contributed by atoms with E-state index in [1.807, 2.05) is 16.8 Å². The molecule has 0 spiro atoms. The number of imidazole rings is 1. The molecule has 2 aliphatic rings. The Morgan fingerprint density at radius 1 is 1.29 bits per heavy atom. The van der Waals surface area contributed by atoms with Gasteiger partial charge in [-0.3, -0.25) is 0 Å². The summed E-state index contributed by atoms with van der Waals surface area (Å²) in [6.45, 7) is 2.26. The molecule has 1 aliphatic heterocycles. The van der Waals surface area contributed by atoms with Crippen molar-refractivity contribution in [3.05, 3.63) is 54.6 Å². The van der Waals surface area contributed by atoms with Gasteiger partial charge < -0.3 is 14.8 Å². The van der Waals surface area contributed by atoms with Crippen molar-refractivity contribution in [3.63, 3.8) is 0 Å². The van der Waals surface area contributed by atoms with Gasteiger partial charge >= 0.3 is 6.03 Å². The van der Waals surface area contributed by atoms with Crippen LogP contribution in [0.25, 0.3) is 0 Å². The van der Waals surface area contributed by atoms with Crippen LogP contribution in [0.2, 0.25) is 0 Å². The van der Waals surface area contributed by atoms with E-state index in [1.54, 1.807) is 12.5 Å². The fourth-order valence-corrected chi connectivity index (χ4v) is 4.43. The SMILES string of the molecule is O=C(NCCn1ccnc1)N1C[C@@H]2CCCC[C@]21c1ccccc1. The average Bonchev–Trinajstić information content (AvgIpc) is 3.10. The monoisotopic (exact) mass is 324 g/mol. The molecule has 5 nitrogen and oxygen atoms in total.